The van der Waals surface area contributed by atoms with Gasteiger partial charge in [0.05, 0.1) is 37.2 Å². The number of anilines is 1. The number of ether oxygens (including phenoxy) is 3. The normalized spacial score (nSPS) is 10.1. The molecule has 0 aliphatic carbocycles. The second-order valence-electron chi connectivity index (χ2n) is 6.13. The lowest BCUT2D eigenvalue weighted by molar-refractivity contribution is 0.0593. The quantitative estimate of drug-likeness (QED) is 0.473. The van der Waals surface area contributed by atoms with Crippen LogP contribution >= 0.6 is 0 Å². The van der Waals surface area contributed by atoms with Crippen molar-refractivity contribution in [3.05, 3.63) is 83.3 Å². The van der Waals surface area contributed by atoms with Gasteiger partial charge >= 0.3 is 17.9 Å². The number of esters is 3. The van der Waals surface area contributed by atoms with Crippen molar-refractivity contribution in [3.63, 3.8) is 0 Å². The highest BCUT2D eigenvalue weighted by atomic mass is 16.5. The number of nitrogens with one attached hydrogen (secondary N) is 1. The predicted molar refractivity (Wildman–Crippen MR) is 107 cm³/mol. The molecule has 0 saturated carbocycles. The molecule has 1 aromatic heterocycles. The molecule has 1 amide bonds. The standard InChI is InChI=1S/C22H17NO8/c1-28-20(25)14-9-15(21(26)29-2)12-17(11-14)31-22(27)13-5-3-6-16(10-13)23-19(24)18-7-4-8-30-18/h3-12H,1-2H3,(H,23,24). The molecule has 0 saturated heterocycles. The third-order valence-corrected chi connectivity index (χ3v) is 4.06. The first kappa shape index (κ1) is 21.3. The molecule has 9 nitrogen and oxygen atoms in total. The van der Waals surface area contributed by atoms with Crippen molar-refractivity contribution in [2.24, 2.45) is 0 Å². The third-order valence-electron chi connectivity index (χ3n) is 4.06. The summed E-state index contributed by atoms with van der Waals surface area (Å²) in [5, 5.41) is 2.60. The van der Waals surface area contributed by atoms with Crippen LogP contribution < -0.4 is 10.1 Å². The van der Waals surface area contributed by atoms with Crippen LogP contribution in [-0.2, 0) is 9.47 Å². The summed E-state index contributed by atoms with van der Waals surface area (Å²) in [6.45, 7) is 0. The van der Waals surface area contributed by atoms with Gasteiger partial charge in [-0.15, -0.1) is 0 Å². The first-order valence-electron chi connectivity index (χ1n) is 8.90. The summed E-state index contributed by atoms with van der Waals surface area (Å²) < 4.78 is 19.6. The van der Waals surface area contributed by atoms with Gasteiger partial charge in [-0.2, -0.15) is 0 Å². The smallest absolute Gasteiger partial charge is 0.343 e. The van der Waals surface area contributed by atoms with Crippen LogP contribution in [-0.4, -0.2) is 38.0 Å². The maximum Gasteiger partial charge on any atom is 0.343 e. The second kappa shape index (κ2) is 9.40. The van der Waals surface area contributed by atoms with Gasteiger partial charge in [0, 0.05) is 5.69 Å². The lowest BCUT2D eigenvalue weighted by atomic mass is 10.1. The van der Waals surface area contributed by atoms with Gasteiger partial charge in [-0.3, -0.25) is 4.79 Å². The molecular formula is C22H17NO8. The van der Waals surface area contributed by atoms with Crippen molar-refractivity contribution in [1.29, 1.82) is 0 Å². The van der Waals surface area contributed by atoms with E-state index >= 15 is 0 Å². The number of benzene rings is 2. The average molecular weight is 423 g/mol. The van der Waals surface area contributed by atoms with E-state index in [4.69, 9.17) is 9.15 Å². The topological polar surface area (TPSA) is 121 Å². The number of methoxy groups -OCH3 is 2. The molecule has 3 rings (SSSR count). The summed E-state index contributed by atoms with van der Waals surface area (Å²) in [6.07, 6.45) is 1.37. The van der Waals surface area contributed by atoms with Crippen molar-refractivity contribution >= 4 is 29.5 Å². The molecule has 0 aliphatic rings. The highest BCUT2D eigenvalue weighted by molar-refractivity contribution is 6.03. The molecule has 0 spiro atoms. The summed E-state index contributed by atoms with van der Waals surface area (Å²) in [4.78, 5) is 48.4. The lowest BCUT2D eigenvalue weighted by Gasteiger charge is -2.10. The molecule has 158 valence electrons. The minimum absolute atomic E-state index is 0.00709. The molecule has 0 unspecified atom stereocenters. The van der Waals surface area contributed by atoms with Gasteiger partial charge in [0.1, 0.15) is 5.75 Å². The van der Waals surface area contributed by atoms with Gasteiger partial charge in [-0.25, -0.2) is 14.4 Å². The molecule has 1 N–H and O–H groups in total. The SMILES string of the molecule is COC(=O)c1cc(OC(=O)c2cccc(NC(=O)c3ccco3)c2)cc(C(=O)OC)c1. The van der Waals surface area contributed by atoms with E-state index in [1.165, 1.54) is 56.9 Å². The van der Waals surface area contributed by atoms with Crippen LogP contribution in [0.5, 0.6) is 5.75 Å². The van der Waals surface area contributed by atoms with Gasteiger partial charge in [0.2, 0.25) is 0 Å². The largest absolute Gasteiger partial charge is 0.465 e. The zero-order valence-corrected chi connectivity index (χ0v) is 16.5. The molecule has 1 heterocycles. The molecule has 31 heavy (non-hydrogen) atoms. The highest BCUT2D eigenvalue weighted by Gasteiger charge is 2.17. The minimum Gasteiger partial charge on any atom is -0.465 e. The summed E-state index contributed by atoms with van der Waals surface area (Å²) >= 11 is 0. The summed E-state index contributed by atoms with van der Waals surface area (Å²) in [5.74, 6) is -2.63. The number of hydrogen-bond donors (Lipinski definition) is 1. The van der Waals surface area contributed by atoms with E-state index in [2.05, 4.69) is 14.8 Å². The van der Waals surface area contributed by atoms with Gasteiger partial charge in [0.25, 0.3) is 5.91 Å². The number of carbonyl (C=O) groups excluding carboxylic acids is 4. The Morgan fingerprint density at radius 2 is 1.45 bits per heavy atom. The fourth-order valence-corrected chi connectivity index (χ4v) is 2.62. The Morgan fingerprint density at radius 1 is 0.774 bits per heavy atom. The first-order chi connectivity index (χ1) is 14.9. The summed E-state index contributed by atoms with van der Waals surface area (Å²) in [7, 11) is 2.36. The average Bonchev–Trinajstić information content (AvgIpc) is 3.33. The Labute approximate surface area is 176 Å². The Balaban J connectivity index is 1.81. The monoisotopic (exact) mass is 423 g/mol. The molecule has 0 fully saturated rings. The van der Waals surface area contributed by atoms with Crippen LogP contribution in [0.3, 0.4) is 0 Å². The Bertz CT molecular complexity index is 1100. The third kappa shape index (κ3) is 5.15. The molecule has 9 heteroatoms. The summed E-state index contributed by atoms with van der Waals surface area (Å²) in [6, 6.07) is 12.9. The van der Waals surface area contributed by atoms with E-state index in [-0.39, 0.29) is 28.2 Å². The van der Waals surface area contributed by atoms with Crippen LogP contribution in [0.2, 0.25) is 0 Å². The van der Waals surface area contributed by atoms with Crippen LogP contribution in [0, 0.1) is 0 Å². The molecule has 0 radical (unpaired) electrons. The summed E-state index contributed by atoms with van der Waals surface area (Å²) in [5.41, 5.74) is 0.482. The van der Waals surface area contributed by atoms with E-state index in [1.807, 2.05) is 0 Å². The van der Waals surface area contributed by atoms with Crippen LogP contribution in [0.15, 0.2) is 65.3 Å². The number of carbonyl (C=O) groups is 4. The van der Waals surface area contributed by atoms with Gasteiger partial charge in [0.15, 0.2) is 5.76 Å². The Hall–Kier alpha value is -4.40. The zero-order valence-electron chi connectivity index (χ0n) is 16.5. The highest BCUT2D eigenvalue weighted by Crippen LogP contribution is 2.21. The van der Waals surface area contributed by atoms with Gasteiger partial charge in [-0.1, -0.05) is 6.07 Å². The lowest BCUT2D eigenvalue weighted by Crippen LogP contribution is -2.13. The number of hydrogen-bond acceptors (Lipinski definition) is 8. The Kier molecular flexibility index (Phi) is 6.46. The zero-order chi connectivity index (χ0) is 22.4. The first-order valence-corrected chi connectivity index (χ1v) is 8.90. The second-order valence-corrected chi connectivity index (χ2v) is 6.13. The van der Waals surface area contributed by atoms with Gasteiger partial charge < -0.3 is 23.9 Å². The van der Waals surface area contributed by atoms with Crippen molar-refractivity contribution in [2.45, 2.75) is 0 Å². The molecule has 0 bridgehead atoms. The maximum atomic E-state index is 12.6. The van der Waals surface area contributed by atoms with Crippen molar-refractivity contribution in [2.75, 3.05) is 19.5 Å². The predicted octanol–water partition coefficient (Wildman–Crippen LogP) is 3.32. The van der Waals surface area contributed by atoms with E-state index < -0.39 is 23.8 Å². The fourth-order valence-electron chi connectivity index (χ4n) is 2.62. The molecule has 3 aromatic rings. The minimum atomic E-state index is -0.771. The van der Waals surface area contributed by atoms with E-state index in [0.29, 0.717) is 5.69 Å². The van der Waals surface area contributed by atoms with Gasteiger partial charge in [-0.05, 0) is 48.5 Å². The molecular weight excluding hydrogens is 406 g/mol. The Morgan fingerprint density at radius 3 is 2.03 bits per heavy atom. The maximum absolute atomic E-state index is 12.6. The van der Waals surface area contributed by atoms with Crippen molar-refractivity contribution < 1.29 is 37.8 Å². The van der Waals surface area contributed by atoms with E-state index in [0.717, 1.165) is 0 Å². The van der Waals surface area contributed by atoms with Crippen molar-refractivity contribution in [3.8, 4) is 5.75 Å². The molecule has 0 atom stereocenters. The fraction of sp³-hybridized carbons (Fsp3) is 0.0909. The van der Waals surface area contributed by atoms with Crippen molar-refractivity contribution in [1.82, 2.24) is 0 Å². The van der Waals surface area contributed by atoms with Crippen LogP contribution in [0.25, 0.3) is 0 Å². The number of furan rings is 1. The number of amides is 1. The molecule has 2 aromatic carbocycles. The van der Waals surface area contributed by atoms with Crippen LogP contribution in [0.1, 0.15) is 41.6 Å². The van der Waals surface area contributed by atoms with E-state index in [1.54, 1.807) is 18.2 Å². The molecule has 0 aliphatic heterocycles. The van der Waals surface area contributed by atoms with Crippen LogP contribution in [0.4, 0.5) is 5.69 Å². The number of rotatable bonds is 6. The van der Waals surface area contributed by atoms with E-state index in [9.17, 15) is 19.2 Å².